The van der Waals surface area contributed by atoms with Gasteiger partial charge in [-0.05, 0) is 13.8 Å². The largest absolute Gasteiger partial charge is 0.703 e. The maximum Gasteiger partial charge on any atom is 0.703 e. The number of carboxylic acids is 1. The molecule has 0 amide bonds. The number of carbonyl (C=O) groups is 1. The standard InChI is InChI=1S/C3H6O3P.C2H5NO2/c1-3(2)5-7(4)6-3;3-1-2(4)5/h1-2H3;1,3H2,(H,4,5)/q+1;. The third kappa shape index (κ3) is 5.15. The molecule has 1 heterocycles. The Balaban J connectivity index is 0.000000217. The van der Waals surface area contributed by atoms with Gasteiger partial charge in [-0.15, -0.1) is 0 Å². The van der Waals surface area contributed by atoms with Crippen LogP contribution in [0.2, 0.25) is 0 Å². The highest BCUT2D eigenvalue weighted by atomic mass is 31.1. The summed E-state index contributed by atoms with van der Waals surface area (Å²) in [7, 11) is -1.76. The third-order valence-corrected chi connectivity index (χ3v) is 1.94. The monoisotopic (exact) mass is 196 g/mol. The first kappa shape index (κ1) is 11.4. The molecular weight excluding hydrogens is 185 g/mol. The van der Waals surface area contributed by atoms with Crippen molar-refractivity contribution in [1.29, 1.82) is 0 Å². The highest BCUT2D eigenvalue weighted by Crippen LogP contribution is 2.46. The van der Waals surface area contributed by atoms with Crippen LogP contribution < -0.4 is 5.73 Å². The average Bonchev–Trinajstić information content (AvgIpc) is 1.85. The average molecular weight is 196 g/mol. The first-order chi connectivity index (χ1) is 5.37. The topological polar surface area (TPSA) is 98.9 Å². The minimum atomic E-state index is -1.76. The maximum atomic E-state index is 10.0. The first-order valence-electron chi connectivity index (χ1n) is 3.15. The maximum absolute atomic E-state index is 10.0. The van der Waals surface area contributed by atoms with Crippen LogP contribution in [0.1, 0.15) is 13.8 Å². The van der Waals surface area contributed by atoms with E-state index in [4.69, 9.17) is 5.11 Å². The van der Waals surface area contributed by atoms with Crippen molar-refractivity contribution in [2.45, 2.75) is 19.6 Å². The van der Waals surface area contributed by atoms with Gasteiger partial charge in [-0.3, -0.25) is 4.79 Å². The van der Waals surface area contributed by atoms with Gasteiger partial charge in [0.1, 0.15) is 0 Å². The Morgan fingerprint density at radius 3 is 1.92 bits per heavy atom. The van der Waals surface area contributed by atoms with Gasteiger partial charge < -0.3 is 10.8 Å². The molecule has 0 spiro atoms. The summed E-state index contributed by atoms with van der Waals surface area (Å²) < 4.78 is 19.2. The molecule has 0 aromatic heterocycles. The summed E-state index contributed by atoms with van der Waals surface area (Å²) in [6.45, 7) is 3.15. The number of carboxylic acid groups (broad SMARTS) is 1. The lowest BCUT2D eigenvalue weighted by Gasteiger charge is -2.16. The van der Waals surface area contributed by atoms with Gasteiger partial charge >= 0.3 is 14.2 Å². The molecule has 1 aliphatic heterocycles. The van der Waals surface area contributed by atoms with Gasteiger partial charge in [-0.1, -0.05) is 9.05 Å². The van der Waals surface area contributed by atoms with E-state index in [1.165, 1.54) is 0 Å². The zero-order chi connectivity index (χ0) is 9.78. The summed E-state index contributed by atoms with van der Waals surface area (Å²) in [6, 6.07) is 0. The van der Waals surface area contributed by atoms with Crippen molar-refractivity contribution >= 4 is 14.2 Å². The van der Waals surface area contributed by atoms with Gasteiger partial charge in [0.05, 0.1) is 6.54 Å². The van der Waals surface area contributed by atoms with Crippen molar-refractivity contribution < 1.29 is 23.5 Å². The van der Waals surface area contributed by atoms with Gasteiger partial charge in [0.2, 0.25) is 0 Å². The Morgan fingerprint density at radius 2 is 1.92 bits per heavy atom. The second-order valence-electron chi connectivity index (χ2n) is 2.40. The van der Waals surface area contributed by atoms with E-state index in [1.807, 2.05) is 0 Å². The predicted molar refractivity (Wildman–Crippen MR) is 40.5 cm³/mol. The number of hydrogen-bond acceptors (Lipinski definition) is 5. The Labute approximate surface area is 70.6 Å². The lowest BCUT2D eigenvalue weighted by molar-refractivity contribution is -0.157. The van der Waals surface area contributed by atoms with Crippen LogP contribution in [0.3, 0.4) is 0 Å². The molecule has 0 bridgehead atoms. The number of nitrogens with two attached hydrogens (primary N) is 1. The molecule has 1 aliphatic rings. The highest BCUT2D eigenvalue weighted by Gasteiger charge is 2.53. The van der Waals surface area contributed by atoms with Gasteiger partial charge in [0, 0.05) is 4.57 Å². The van der Waals surface area contributed by atoms with Crippen molar-refractivity contribution in [3.8, 4) is 0 Å². The number of aliphatic carboxylic acids is 1. The van der Waals surface area contributed by atoms with E-state index in [-0.39, 0.29) is 6.54 Å². The molecule has 0 aromatic rings. The molecule has 0 saturated carbocycles. The molecule has 1 saturated heterocycles. The summed E-state index contributed by atoms with van der Waals surface area (Å²) in [5.41, 5.74) is 4.57. The SMILES string of the molecule is CC1(C)O[P+](=O)O1.NCC(=O)O. The van der Waals surface area contributed by atoms with Crippen LogP contribution in [0.15, 0.2) is 0 Å². The smallest absolute Gasteiger partial charge is 0.480 e. The fourth-order valence-corrected chi connectivity index (χ4v) is 1.10. The molecular formula is C5H11NO5P+. The van der Waals surface area contributed by atoms with E-state index in [2.05, 4.69) is 14.8 Å². The summed E-state index contributed by atoms with van der Waals surface area (Å²) in [5.74, 6) is -1.56. The molecule has 0 atom stereocenters. The molecule has 0 aromatic carbocycles. The quantitative estimate of drug-likeness (QED) is 0.591. The van der Waals surface area contributed by atoms with E-state index in [9.17, 15) is 9.36 Å². The van der Waals surface area contributed by atoms with Gasteiger partial charge in [0.25, 0.3) is 5.79 Å². The molecule has 0 unspecified atom stereocenters. The summed E-state index contributed by atoms with van der Waals surface area (Å²) in [6.07, 6.45) is 0. The Hall–Kier alpha value is -0.550. The van der Waals surface area contributed by atoms with E-state index in [1.54, 1.807) is 13.8 Å². The summed E-state index contributed by atoms with van der Waals surface area (Å²) in [5, 5.41) is 7.60. The number of rotatable bonds is 1. The fourth-order valence-electron chi connectivity index (χ4n) is 0.366. The van der Waals surface area contributed by atoms with Crippen molar-refractivity contribution in [2.75, 3.05) is 6.54 Å². The predicted octanol–water partition coefficient (Wildman–Crippen LogP) is 0.456. The van der Waals surface area contributed by atoms with Gasteiger partial charge in [-0.25, -0.2) is 0 Å². The van der Waals surface area contributed by atoms with E-state index in [0.717, 1.165) is 0 Å². The van der Waals surface area contributed by atoms with Gasteiger partial charge in [0.15, 0.2) is 0 Å². The van der Waals surface area contributed by atoms with Crippen LogP contribution in [0, 0.1) is 0 Å². The molecule has 0 aliphatic carbocycles. The molecule has 1 fully saturated rings. The lowest BCUT2D eigenvalue weighted by atomic mass is 10.4. The lowest BCUT2D eigenvalue weighted by Crippen LogP contribution is -2.30. The minimum Gasteiger partial charge on any atom is -0.480 e. The zero-order valence-electron chi connectivity index (χ0n) is 6.81. The summed E-state index contributed by atoms with van der Waals surface area (Å²) >= 11 is 0. The second kappa shape index (κ2) is 4.47. The Kier molecular flexibility index (Phi) is 4.26. The minimum absolute atomic E-state index is 0.278. The Bertz CT molecular complexity index is 182. The van der Waals surface area contributed by atoms with Crippen molar-refractivity contribution in [1.82, 2.24) is 0 Å². The van der Waals surface area contributed by atoms with Crippen LogP contribution in [0.5, 0.6) is 0 Å². The zero-order valence-corrected chi connectivity index (χ0v) is 7.71. The van der Waals surface area contributed by atoms with Crippen molar-refractivity contribution in [2.24, 2.45) is 5.73 Å². The first-order valence-corrected chi connectivity index (χ1v) is 4.24. The molecule has 3 N–H and O–H groups in total. The van der Waals surface area contributed by atoms with Crippen molar-refractivity contribution in [3.63, 3.8) is 0 Å². The van der Waals surface area contributed by atoms with E-state index in [0.29, 0.717) is 0 Å². The molecule has 12 heavy (non-hydrogen) atoms. The van der Waals surface area contributed by atoms with Gasteiger partial charge in [-0.2, -0.15) is 0 Å². The van der Waals surface area contributed by atoms with Crippen LogP contribution in [-0.2, 0) is 18.4 Å². The van der Waals surface area contributed by atoms with Crippen LogP contribution in [-0.4, -0.2) is 23.4 Å². The molecule has 70 valence electrons. The fraction of sp³-hybridized carbons (Fsp3) is 0.800. The highest BCUT2D eigenvalue weighted by molar-refractivity contribution is 7.34. The van der Waals surface area contributed by atoms with E-state index >= 15 is 0 Å². The molecule has 0 radical (unpaired) electrons. The molecule has 7 heteroatoms. The van der Waals surface area contributed by atoms with Crippen molar-refractivity contribution in [3.05, 3.63) is 0 Å². The molecule has 6 nitrogen and oxygen atoms in total. The Morgan fingerprint density at radius 1 is 1.58 bits per heavy atom. The van der Waals surface area contributed by atoms with Crippen LogP contribution in [0.4, 0.5) is 0 Å². The van der Waals surface area contributed by atoms with Crippen LogP contribution in [0.25, 0.3) is 0 Å². The number of hydrogen-bond donors (Lipinski definition) is 2. The summed E-state index contributed by atoms with van der Waals surface area (Å²) in [4.78, 5) is 9.24. The van der Waals surface area contributed by atoms with E-state index < -0.39 is 20.0 Å². The normalized spacial score (nSPS) is 18.8. The molecule has 1 rings (SSSR count). The third-order valence-electron chi connectivity index (χ3n) is 0.763. The second-order valence-corrected chi connectivity index (χ2v) is 3.22. The van der Waals surface area contributed by atoms with Crippen LogP contribution >= 0.6 is 8.25 Å².